The summed E-state index contributed by atoms with van der Waals surface area (Å²) >= 11 is 0. The van der Waals surface area contributed by atoms with Crippen LogP contribution in [0, 0.1) is 0 Å². The standard InChI is InChI=1S/C11H16O2Si/c1-12-11(14,13-2)9-8-10-6-4-3-5-7-10/h3-9H,1-2,14H3/b9-8+. The average molecular weight is 208 g/mol. The van der Waals surface area contributed by atoms with Gasteiger partial charge in [-0.15, -0.1) is 0 Å². The van der Waals surface area contributed by atoms with Gasteiger partial charge in [0.15, 0.2) is 5.41 Å². The van der Waals surface area contributed by atoms with Crippen LogP contribution in [-0.2, 0) is 9.47 Å². The Balaban J connectivity index is 2.72. The maximum atomic E-state index is 5.26. The molecule has 76 valence electrons. The lowest BCUT2D eigenvalue weighted by molar-refractivity contribution is -0.104. The van der Waals surface area contributed by atoms with E-state index in [-0.39, 0.29) is 0 Å². The molecule has 0 aromatic heterocycles. The zero-order valence-corrected chi connectivity index (χ0v) is 10.9. The number of methoxy groups -OCH3 is 2. The Morgan fingerprint density at radius 2 is 1.71 bits per heavy atom. The smallest absolute Gasteiger partial charge is 0.159 e. The van der Waals surface area contributed by atoms with Crippen LogP contribution in [0.25, 0.3) is 6.08 Å². The van der Waals surface area contributed by atoms with Gasteiger partial charge in [0.2, 0.25) is 0 Å². The lowest BCUT2D eigenvalue weighted by Crippen LogP contribution is -2.31. The van der Waals surface area contributed by atoms with E-state index in [9.17, 15) is 0 Å². The number of rotatable bonds is 4. The molecule has 1 aromatic rings. The third-order valence-corrected chi connectivity index (χ3v) is 3.34. The van der Waals surface area contributed by atoms with Crippen molar-refractivity contribution in [3.8, 4) is 0 Å². The Morgan fingerprint density at radius 3 is 2.21 bits per heavy atom. The second-order valence-corrected chi connectivity index (χ2v) is 4.56. The zero-order valence-electron chi connectivity index (χ0n) is 8.86. The third-order valence-electron chi connectivity index (χ3n) is 2.19. The molecule has 0 aliphatic carbocycles. The molecule has 1 aromatic carbocycles. The van der Waals surface area contributed by atoms with E-state index < -0.39 is 5.41 Å². The molecule has 2 nitrogen and oxygen atoms in total. The predicted molar refractivity (Wildman–Crippen MR) is 62.2 cm³/mol. The summed E-state index contributed by atoms with van der Waals surface area (Å²) in [6.45, 7) is 0. The van der Waals surface area contributed by atoms with E-state index >= 15 is 0 Å². The Morgan fingerprint density at radius 1 is 1.14 bits per heavy atom. The maximum absolute atomic E-state index is 5.26. The van der Waals surface area contributed by atoms with Gasteiger partial charge in [-0.05, 0) is 11.6 Å². The molecule has 0 atom stereocenters. The molecule has 0 fully saturated rings. The van der Waals surface area contributed by atoms with Crippen molar-refractivity contribution in [3.63, 3.8) is 0 Å². The van der Waals surface area contributed by atoms with Gasteiger partial charge >= 0.3 is 0 Å². The van der Waals surface area contributed by atoms with Crippen LogP contribution in [0.5, 0.6) is 0 Å². The normalized spacial score (nSPS) is 12.4. The molecule has 3 heteroatoms. The highest BCUT2D eigenvalue weighted by Crippen LogP contribution is 2.10. The second-order valence-electron chi connectivity index (χ2n) is 3.17. The van der Waals surface area contributed by atoms with Crippen molar-refractivity contribution in [1.82, 2.24) is 0 Å². The summed E-state index contributed by atoms with van der Waals surface area (Å²) in [5.74, 6) is 0. The van der Waals surface area contributed by atoms with Gasteiger partial charge in [-0.1, -0.05) is 36.4 Å². The van der Waals surface area contributed by atoms with E-state index in [4.69, 9.17) is 9.47 Å². The van der Waals surface area contributed by atoms with Gasteiger partial charge in [0, 0.05) is 14.2 Å². The van der Waals surface area contributed by atoms with Gasteiger partial charge in [0.25, 0.3) is 0 Å². The van der Waals surface area contributed by atoms with Crippen molar-refractivity contribution in [3.05, 3.63) is 42.0 Å². The lowest BCUT2D eigenvalue weighted by atomic mass is 10.2. The van der Waals surface area contributed by atoms with Crippen molar-refractivity contribution in [2.45, 2.75) is 5.41 Å². The minimum absolute atomic E-state index is 0.504. The molecule has 0 unspecified atom stereocenters. The summed E-state index contributed by atoms with van der Waals surface area (Å²) in [4.78, 5) is 0. The molecular formula is C11H16O2Si. The van der Waals surface area contributed by atoms with Crippen LogP contribution in [0.4, 0.5) is 0 Å². The molecule has 0 aliphatic rings. The minimum atomic E-state index is -0.504. The Kier molecular flexibility index (Phi) is 4.07. The van der Waals surface area contributed by atoms with Gasteiger partial charge in [-0.2, -0.15) is 0 Å². The zero-order chi connectivity index (χ0) is 10.4. The fraction of sp³-hybridized carbons (Fsp3) is 0.273. The summed E-state index contributed by atoms with van der Waals surface area (Å²) in [5.41, 5.74) is 0.650. The van der Waals surface area contributed by atoms with E-state index in [0.717, 1.165) is 15.8 Å². The summed E-state index contributed by atoms with van der Waals surface area (Å²) in [6, 6.07) is 10.1. The van der Waals surface area contributed by atoms with E-state index in [1.54, 1.807) is 14.2 Å². The molecule has 0 spiro atoms. The number of ether oxygens (including phenoxy) is 2. The van der Waals surface area contributed by atoms with E-state index in [2.05, 4.69) is 0 Å². The van der Waals surface area contributed by atoms with Crippen LogP contribution in [0.15, 0.2) is 36.4 Å². The van der Waals surface area contributed by atoms with Crippen molar-refractivity contribution < 1.29 is 9.47 Å². The Labute approximate surface area is 88.0 Å². The van der Waals surface area contributed by atoms with Gasteiger partial charge < -0.3 is 9.47 Å². The topological polar surface area (TPSA) is 18.5 Å². The van der Waals surface area contributed by atoms with E-state index in [0.29, 0.717) is 0 Å². The SMILES string of the molecule is COC([SiH3])(/C=C/c1ccccc1)OC. The first-order chi connectivity index (χ1) is 6.70. The molecule has 0 N–H and O–H groups in total. The van der Waals surface area contributed by atoms with Crippen LogP contribution in [0.3, 0.4) is 0 Å². The van der Waals surface area contributed by atoms with Crippen LogP contribution in [0.2, 0.25) is 0 Å². The van der Waals surface area contributed by atoms with Gasteiger partial charge in [-0.25, -0.2) is 0 Å². The van der Waals surface area contributed by atoms with E-state index in [1.165, 1.54) is 0 Å². The molecule has 0 amide bonds. The highest BCUT2D eigenvalue weighted by Gasteiger charge is 2.16. The number of benzene rings is 1. The molecule has 14 heavy (non-hydrogen) atoms. The van der Waals surface area contributed by atoms with E-state index in [1.807, 2.05) is 42.5 Å². The number of hydrogen-bond acceptors (Lipinski definition) is 2. The molecule has 0 bridgehead atoms. The number of hydrogen-bond donors (Lipinski definition) is 0. The second kappa shape index (κ2) is 5.10. The minimum Gasteiger partial charge on any atom is -0.354 e. The quantitative estimate of drug-likeness (QED) is 0.543. The fourth-order valence-corrected chi connectivity index (χ4v) is 1.20. The highest BCUT2D eigenvalue weighted by molar-refractivity contribution is 6.15. The highest BCUT2D eigenvalue weighted by atomic mass is 28.1. The monoisotopic (exact) mass is 208 g/mol. The summed E-state index contributed by atoms with van der Waals surface area (Å²) < 4.78 is 10.5. The first-order valence-corrected chi connectivity index (χ1v) is 5.55. The molecular weight excluding hydrogens is 192 g/mol. The molecule has 0 heterocycles. The Bertz CT molecular complexity index is 291. The van der Waals surface area contributed by atoms with Crippen LogP contribution in [0.1, 0.15) is 5.56 Å². The molecule has 0 saturated carbocycles. The van der Waals surface area contributed by atoms with Crippen molar-refractivity contribution in [2.24, 2.45) is 0 Å². The maximum Gasteiger partial charge on any atom is 0.159 e. The Hall–Kier alpha value is -0.903. The van der Waals surface area contributed by atoms with Crippen LogP contribution in [-0.4, -0.2) is 29.9 Å². The van der Waals surface area contributed by atoms with Crippen molar-refractivity contribution in [1.29, 1.82) is 0 Å². The summed E-state index contributed by atoms with van der Waals surface area (Å²) in [7, 11) is 4.12. The average Bonchev–Trinajstić information content (AvgIpc) is 2.27. The molecule has 0 radical (unpaired) electrons. The van der Waals surface area contributed by atoms with Crippen molar-refractivity contribution in [2.75, 3.05) is 14.2 Å². The molecule has 1 rings (SSSR count). The summed E-state index contributed by atoms with van der Waals surface area (Å²) in [5, 5.41) is 0. The fourth-order valence-electron chi connectivity index (χ4n) is 1.03. The summed E-state index contributed by atoms with van der Waals surface area (Å²) in [6.07, 6.45) is 3.97. The predicted octanol–water partition coefficient (Wildman–Crippen LogP) is 1.01. The third kappa shape index (κ3) is 3.10. The van der Waals surface area contributed by atoms with Gasteiger partial charge in [0.05, 0.1) is 10.2 Å². The van der Waals surface area contributed by atoms with Crippen LogP contribution < -0.4 is 0 Å². The lowest BCUT2D eigenvalue weighted by Gasteiger charge is -2.22. The van der Waals surface area contributed by atoms with Crippen LogP contribution >= 0.6 is 0 Å². The van der Waals surface area contributed by atoms with Gasteiger partial charge in [0.1, 0.15) is 0 Å². The molecule has 0 aliphatic heterocycles. The molecule has 0 saturated heterocycles. The van der Waals surface area contributed by atoms with Gasteiger partial charge in [-0.3, -0.25) is 0 Å². The first-order valence-electron chi connectivity index (χ1n) is 4.55. The van der Waals surface area contributed by atoms with Crippen molar-refractivity contribution >= 4 is 16.3 Å². The first kappa shape index (κ1) is 11.2. The largest absolute Gasteiger partial charge is 0.354 e.